The van der Waals surface area contributed by atoms with Gasteiger partial charge in [0.15, 0.2) is 11.5 Å². The van der Waals surface area contributed by atoms with Crippen molar-refractivity contribution < 1.29 is 9.47 Å². The number of hydrogen-bond donors (Lipinski definition) is 1. The molecule has 1 atom stereocenters. The van der Waals surface area contributed by atoms with E-state index in [9.17, 15) is 0 Å². The van der Waals surface area contributed by atoms with Gasteiger partial charge in [0, 0.05) is 32.2 Å². The van der Waals surface area contributed by atoms with E-state index in [1.165, 1.54) is 18.4 Å². The van der Waals surface area contributed by atoms with Gasteiger partial charge in [-0.15, -0.1) is 24.8 Å². The molecule has 22 heavy (non-hydrogen) atoms. The molecule has 126 valence electrons. The first-order chi connectivity index (χ1) is 9.88. The molecule has 0 unspecified atom stereocenters. The Morgan fingerprint density at radius 3 is 2.45 bits per heavy atom. The Labute approximate surface area is 145 Å². The van der Waals surface area contributed by atoms with E-state index < -0.39 is 0 Å². The highest BCUT2D eigenvalue weighted by atomic mass is 35.5. The highest BCUT2D eigenvalue weighted by Gasteiger charge is 2.23. The summed E-state index contributed by atoms with van der Waals surface area (Å²) in [4.78, 5) is 2.59. The average Bonchev–Trinajstić information content (AvgIpc) is 2.53. The zero-order chi connectivity index (χ0) is 13.8. The first kappa shape index (κ1) is 19.4. The lowest BCUT2D eigenvalue weighted by atomic mass is 9.99. The molecule has 2 aliphatic heterocycles. The standard InChI is InChI=1S/C16H24N2O2.2ClH/c1-2-3-14(18-8-6-17-7-9-18)13-4-5-15-16(12-13)20-11-10-19-15;;/h4-5,12,14,17H,2-3,6-11H2,1H3;2*1H/t14-;;/m1../s1. The predicted molar refractivity (Wildman–Crippen MR) is 94.0 cm³/mol. The average molecular weight is 349 g/mol. The number of fused-ring (bicyclic) bond motifs is 1. The highest BCUT2D eigenvalue weighted by molar-refractivity contribution is 5.85. The predicted octanol–water partition coefficient (Wildman–Crippen LogP) is 3.05. The van der Waals surface area contributed by atoms with Crippen LogP contribution in [0.2, 0.25) is 0 Å². The summed E-state index contributed by atoms with van der Waals surface area (Å²) in [5, 5.41) is 3.43. The summed E-state index contributed by atoms with van der Waals surface area (Å²) in [5.41, 5.74) is 1.36. The van der Waals surface area contributed by atoms with E-state index >= 15 is 0 Å². The summed E-state index contributed by atoms with van der Waals surface area (Å²) >= 11 is 0. The Kier molecular flexibility index (Phi) is 8.33. The minimum Gasteiger partial charge on any atom is -0.486 e. The maximum Gasteiger partial charge on any atom is 0.161 e. The fraction of sp³-hybridized carbons (Fsp3) is 0.625. The number of rotatable bonds is 4. The number of nitrogens with one attached hydrogen (secondary N) is 1. The molecule has 1 saturated heterocycles. The van der Waals surface area contributed by atoms with Crippen molar-refractivity contribution in [3.05, 3.63) is 23.8 Å². The van der Waals surface area contributed by atoms with Gasteiger partial charge in [0.2, 0.25) is 0 Å². The van der Waals surface area contributed by atoms with Gasteiger partial charge in [-0.1, -0.05) is 19.4 Å². The summed E-state index contributed by atoms with van der Waals surface area (Å²) in [6.45, 7) is 7.99. The van der Waals surface area contributed by atoms with Crippen LogP contribution < -0.4 is 14.8 Å². The van der Waals surface area contributed by atoms with Crippen LogP contribution >= 0.6 is 24.8 Å². The van der Waals surface area contributed by atoms with Crippen molar-refractivity contribution in [2.75, 3.05) is 39.4 Å². The van der Waals surface area contributed by atoms with Crippen LogP contribution in [-0.4, -0.2) is 44.3 Å². The van der Waals surface area contributed by atoms with E-state index in [1.807, 2.05) is 0 Å². The normalized spacial score (nSPS) is 18.8. The third-order valence-electron chi connectivity index (χ3n) is 4.11. The molecule has 1 aromatic rings. The van der Waals surface area contributed by atoms with Crippen LogP contribution in [-0.2, 0) is 0 Å². The smallest absolute Gasteiger partial charge is 0.161 e. The van der Waals surface area contributed by atoms with Crippen LogP contribution in [0.1, 0.15) is 31.4 Å². The molecule has 0 aromatic heterocycles. The molecular weight excluding hydrogens is 323 g/mol. The van der Waals surface area contributed by atoms with Crippen LogP contribution in [0.15, 0.2) is 18.2 Å². The van der Waals surface area contributed by atoms with Gasteiger partial charge in [0.25, 0.3) is 0 Å². The van der Waals surface area contributed by atoms with E-state index in [4.69, 9.17) is 9.47 Å². The SMILES string of the molecule is CCC[C@H](c1ccc2c(c1)OCCO2)N1CCNCC1.Cl.Cl. The number of hydrogen-bond acceptors (Lipinski definition) is 4. The molecule has 6 heteroatoms. The van der Waals surface area contributed by atoms with Gasteiger partial charge < -0.3 is 14.8 Å². The lowest BCUT2D eigenvalue weighted by Gasteiger charge is -2.35. The summed E-state index contributed by atoms with van der Waals surface area (Å²) in [5.74, 6) is 1.79. The number of nitrogens with zero attached hydrogens (tertiary/aromatic N) is 1. The van der Waals surface area contributed by atoms with Crippen LogP contribution in [0.3, 0.4) is 0 Å². The number of halogens is 2. The lowest BCUT2D eigenvalue weighted by Crippen LogP contribution is -2.45. The van der Waals surface area contributed by atoms with Gasteiger partial charge >= 0.3 is 0 Å². The van der Waals surface area contributed by atoms with Gasteiger partial charge in [0.05, 0.1) is 0 Å². The molecule has 0 saturated carbocycles. The van der Waals surface area contributed by atoms with E-state index in [0.717, 1.165) is 37.7 Å². The summed E-state index contributed by atoms with van der Waals surface area (Å²) in [6.07, 6.45) is 2.39. The molecule has 1 N–H and O–H groups in total. The fourth-order valence-electron chi connectivity index (χ4n) is 3.09. The van der Waals surface area contributed by atoms with Crippen molar-refractivity contribution >= 4 is 24.8 Å². The molecule has 2 heterocycles. The highest BCUT2D eigenvalue weighted by Crippen LogP contribution is 2.35. The van der Waals surface area contributed by atoms with E-state index in [2.05, 4.69) is 35.3 Å². The molecular formula is C16H26Cl2N2O2. The summed E-state index contributed by atoms with van der Waals surface area (Å²) in [7, 11) is 0. The van der Waals surface area contributed by atoms with Gasteiger partial charge in [-0.2, -0.15) is 0 Å². The van der Waals surface area contributed by atoms with Crippen molar-refractivity contribution in [1.82, 2.24) is 10.2 Å². The first-order valence-corrected chi connectivity index (χ1v) is 7.73. The van der Waals surface area contributed by atoms with Crippen molar-refractivity contribution in [3.63, 3.8) is 0 Å². The summed E-state index contributed by atoms with van der Waals surface area (Å²) < 4.78 is 11.3. The van der Waals surface area contributed by atoms with Crippen LogP contribution in [0.4, 0.5) is 0 Å². The molecule has 0 spiro atoms. The van der Waals surface area contributed by atoms with Crippen LogP contribution in [0, 0.1) is 0 Å². The minimum absolute atomic E-state index is 0. The zero-order valence-electron chi connectivity index (χ0n) is 13.0. The molecule has 1 aromatic carbocycles. The molecule has 0 bridgehead atoms. The molecule has 3 rings (SSSR count). The largest absolute Gasteiger partial charge is 0.486 e. The minimum atomic E-state index is 0. The van der Waals surface area contributed by atoms with E-state index in [0.29, 0.717) is 19.3 Å². The Morgan fingerprint density at radius 2 is 1.77 bits per heavy atom. The van der Waals surface area contributed by atoms with E-state index in [1.54, 1.807) is 0 Å². The molecule has 4 nitrogen and oxygen atoms in total. The molecule has 0 aliphatic carbocycles. The second kappa shape index (κ2) is 9.46. The molecule has 1 fully saturated rings. The quantitative estimate of drug-likeness (QED) is 0.906. The Morgan fingerprint density at radius 1 is 1.09 bits per heavy atom. The zero-order valence-corrected chi connectivity index (χ0v) is 14.7. The Balaban J connectivity index is 0.00000121. The maximum absolute atomic E-state index is 5.72. The number of benzene rings is 1. The Bertz CT molecular complexity index is 454. The van der Waals surface area contributed by atoms with E-state index in [-0.39, 0.29) is 24.8 Å². The van der Waals surface area contributed by atoms with Gasteiger partial charge in [-0.25, -0.2) is 0 Å². The molecule has 2 aliphatic rings. The van der Waals surface area contributed by atoms with Crippen LogP contribution in [0.5, 0.6) is 11.5 Å². The van der Waals surface area contributed by atoms with Gasteiger partial charge in [-0.3, -0.25) is 4.90 Å². The van der Waals surface area contributed by atoms with Crippen molar-refractivity contribution in [1.29, 1.82) is 0 Å². The monoisotopic (exact) mass is 348 g/mol. The topological polar surface area (TPSA) is 33.7 Å². The third-order valence-corrected chi connectivity index (χ3v) is 4.11. The van der Waals surface area contributed by atoms with Gasteiger partial charge in [-0.05, 0) is 24.1 Å². The molecule has 0 radical (unpaired) electrons. The van der Waals surface area contributed by atoms with Crippen molar-refractivity contribution in [2.24, 2.45) is 0 Å². The van der Waals surface area contributed by atoms with Crippen molar-refractivity contribution in [3.8, 4) is 11.5 Å². The third kappa shape index (κ3) is 4.42. The lowest BCUT2D eigenvalue weighted by molar-refractivity contribution is 0.159. The second-order valence-electron chi connectivity index (χ2n) is 5.49. The summed E-state index contributed by atoms with van der Waals surface area (Å²) in [6, 6.07) is 6.94. The fourth-order valence-corrected chi connectivity index (χ4v) is 3.09. The number of piperazine rings is 1. The van der Waals surface area contributed by atoms with Gasteiger partial charge in [0.1, 0.15) is 13.2 Å². The van der Waals surface area contributed by atoms with Crippen LogP contribution in [0.25, 0.3) is 0 Å². The van der Waals surface area contributed by atoms with Crippen molar-refractivity contribution in [2.45, 2.75) is 25.8 Å². The molecule has 0 amide bonds. The first-order valence-electron chi connectivity index (χ1n) is 7.73. The Hall–Kier alpha value is -0.680. The second-order valence-corrected chi connectivity index (χ2v) is 5.49. The maximum atomic E-state index is 5.72. The number of ether oxygens (including phenoxy) is 2.